The van der Waals surface area contributed by atoms with Crippen LogP contribution in [0.4, 0.5) is 0 Å². The minimum atomic E-state index is 1.26. The maximum atomic E-state index is 2.32. The molecule has 120 valence electrons. The Labute approximate surface area is 150 Å². The van der Waals surface area contributed by atoms with Crippen LogP contribution in [-0.2, 0) is 7.05 Å². The Kier molecular flexibility index (Phi) is 3.16. The van der Waals surface area contributed by atoms with Crippen molar-refractivity contribution in [3.05, 3.63) is 77.7 Å². The molecule has 0 unspecified atom stereocenters. The molecule has 2 heteroatoms. The molecule has 5 aromatic rings. The van der Waals surface area contributed by atoms with Gasteiger partial charge in [0.15, 0.2) is 0 Å². The van der Waals surface area contributed by atoms with Crippen molar-refractivity contribution in [1.29, 1.82) is 0 Å². The number of hydrogen-bond acceptors (Lipinski definition) is 1. The van der Waals surface area contributed by atoms with Crippen molar-refractivity contribution in [1.82, 2.24) is 0 Å². The second kappa shape index (κ2) is 5.40. The first kappa shape index (κ1) is 14.6. The summed E-state index contributed by atoms with van der Waals surface area (Å²) < 4.78 is 3.70. The predicted molar refractivity (Wildman–Crippen MR) is 108 cm³/mol. The molecule has 0 saturated heterocycles. The van der Waals surface area contributed by atoms with Crippen LogP contribution in [-0.4, -0.2) is 0 Å². The minimum absolute atomic E-state index is 1.26. The van der Waals surface area contributed by atoms with E-state index in [2.05, 4.69) is 90.6 Å². The lowest BCUT2D eigenvalue weighted by Crippen LogP contribution is -2.32. The largest absolute Gasteiger partial charge is 0.214 e. The average Bonchev–Trinajstić information content (AvgIpc) is 3.13. The van der Waals surface area contributed by atoms with E-state index in [0.29, 0.717) is 0 Å². The lowest BCUT2D eigenvalue weighted by Gasteiger charge is -2.12. The quantitative estimate of drug-likeness (QED) is 0.329. The molecular weight excluding hydrogens is 322 g/mol. The fourth-order valence-corrected chi connectivity index (χ4v) is 4.99. The Hall–Kier alpha value is -2.71. The molecule has 0 spiro atoms. The van der Waals surface area contributed by atoms with E-state index >= 15 is 0 Å². The molecule has 1 nitrogen and oxygen atoms in total. The van der Waals surface area contributed by atoms with Crippen molar-refractivity contribution < 1.29 is 4.57 Å². The van der Waals surface area contributed by atoms with E-state index in [4.69, 9.17) is 0 Å². The van der Waals surface area contributed by atoms with Crippen molar-refractivity contribution in [2.24, 2.45) is 7.05 Å². The Bertz CT molecular complexity index is 1260. The summed E-state index contributed by atoms with van der Waals surface area (Å²) in [6, 6.07) is 24.1. The fourth-order valence-electron chi connectivity index (χ4n) is 3.97. The van der Waals surface area contributed by atoms with Crippen molar-refractivity contribution in [2.45, 2.75) is 6.92 Å². The van der Waals surface area contributed by atoms with Crippen LogP contribution >= 0.6 is 11.3 Å². The van der Waals surface area contributed by atoms with Gasteiger partial charge in [-0.2, -0.15) is 4.57 Å². The van der Waals surface area contributed by atoms with Gasteiger partial charge in [-0.25, -0.2) is 0 Å². The number of aryl methyl sites for hydroxylation is 2. The third kappa shape index (κ3) is 2.04. The van der Waals surface area contributed by atoms with E-state index in [1.54, 1.807) is 0 Å². The average molecular weight is 340 g/mol. The fraction of sp³-hybridized carbons (Fsp3) is 0.0870. The molecular formula is C23H18NS+. The molecule has 0 N–H and O–H groups in total. The first-order valence-electron chi connectivity index (χ1n) is 8.52. The highest BCUT2D eigenvalue weighted by atomic mass is 32.1. The molecule has 0 bridgehead atoms. The highest BCUT2D eigenvalue weighted by molar-refractivity contribution is 7.18. The normalized spacial score (nSPS) is 11.6. The molecule has 25 heavy (non-hydrogen) atoms. The molecule has 0 aliphatic carbocycles. The predicted octanol–water partition coefficient (Wildman–Crippen LogP) is 6.01. The maximum Gasteiger partial charge on any atom is 0.214 e. The second-order valence-electron chi connectivity index (χ2n) is 6.55. The first-order chi connectivity index (χ1) is 12.3. The van der Waals surface area contributed by atoms with Gasteiger partial charge in [0.25, 0.3) is 0 Å². The summed E-state index contributed by atoms with van der Waals surface area (Å²) in [6.07, 6.45) is 0. The highest BCUT2D eigenvalue weighted by Crippen LogP contribution is 2.40. The van der Waals surface area contributed by atoms with Gasteiger partial charge in [0.1, 0.15) is 7.05 Å². The Morgan fingerprint density at radius 3 is 2.40 bits per heavy atom. The van der Waals surface area contributed by atoms with Crippen molar-refractivity contribution in [3.63, 3.8) is 0 Å². The van der Waals surface area contributed by atoms with Gasteiger partial charge in [0.05, 0.1) is 5.56 Å². The van der Waals surface area contributed by atoms with Gasteiger partial charge in [0.2, 0.25) is 11.2 Å². The summed E-state index contributed by atoms with van der Waals surface area (Å²) in [5.41, 5.74) is 5.25. The van der Waals surface area contributed by atoms with Gasteiger partial charge in [0, 0.05) is 27.6 Å². The van der Waals surface area contributed by atoms with Crippen LogP contribution in [0.15, 0.2) is 72.1 Å². The molecule has 0 saturated carbocycles. The van der Waals surface area contributed by atoms with Gasteiger partial charge < -0.3 is 0 Å². The summed E-state index contributed by atoms with van der Waals surface area (Å²) in [5.74, 6) is 0. The SMILES string of the molecule is Cc1c(-c2ccc3ccccc3[n+]2C)c2sccc2c2ccccc12. The third-order valence-electron chi connectivity index (χ3n) is 5.22. The zero-order valence-corrected chi connectivity index (χ0v) is 15.1. The summed E-state index contributed by atoms with van der Waals surface area (Å²) in [6.45, 7) is 2.26. The van der Waals surface area contributed by atoms with Gasteiger partial charge in [-0.05, 0) is 46.8 Å². The van der Waals surface area contributed by atoms with E-state index < -0.39 is 0 Å². The zero-order chi connectivity index (χ0) is 17.0. The minimum Gasteiger partial charge on any atom is -0.194 e. The number of aromatic nitrogens is 1. The van der Waals surface area contributed by atoms with E-state index in [9.17, 15) is 0 Å². The Morgan fingerprint density at radius 1 is 0.760 bits per heavy atom. The summed E-state index contributed by atoms with van der Waals surface area (Å²) >= 11 is 1.84. The highest BCUT2D eigenvalue weighted by Gasteiger charge is 2.21. The standard InChI is InChI=1S/C23H18NS/c1-15-17-8-4-5-9-18(17)19-13-14-25-23(19)22(15)21-12-11-16-7-3-6-10-20(16)24(21)2/h3-14H,1-2H3/q+1. The van der Waals surface area contributed by atoms with Crippen molar-refractivity contribution >= 4 is 43.1 Å². The molecule has 0 aliphatic heterocycles. The molecule has 2 heterocycles. The molecule has 0 atom stereocenters. The maximum absolute atomic E-state index is 2.32. The molecule has 0 amide bonds. The molecule has 0 fully saturated rings. The number of rotatable bonds is 1. The molecule has 0 radical (unpaired) electrons. The number of benzene rings is 3. The summed E-state index contributed by atoms with van der Waals surface area (Å²) in [5, 5.41) is 7.53. The van der Waals surface area contributed by atoms with E-state index in [1.807, 2.05) is 11.3 Å². The summed E-state index contributed by atoms with van der Waals surface area (Å²) in [4.78, 5) is 0. The number of para-hydroxylation sites is 1. The van der Waals surface area contributed by atoms with E-state index in [1.165, 1.54) is 48.6 Å². The summed E-state index contributed by atoms with van der Waals surface area (Å²) in [7, 11) is 2.17. The Balaban J connectivity index is 1.97. The monoisotopic (exact) mass is 340 g/mol. The van der Waals surface area contributed by atoms with Crippen LogP contribution < -0.4 is 4.57 Å². The Morgan fingerprint density at radius 2 is 1.52 bits per heavy atom. The van der Waals surface area contributed by atoms with Gasteiger partial charge in [-0.15, -0.1) is 11.3 Å². The second-order valence-corrected chi connectivity index (χ2v) is 7.46. The van der Waals surface area contributed by atoms with Crippen LogP contribution in [0.2, 0.25) is 0 Å². The van der Waals surface area contributed by atoms with Crippen LogP contribution in [0, 0.1) is 6.92 Å². The van der Waals surface area contributed by atoms with E-state index in [0.717, 1.165) is 0 Å². The van der Waals surface area contributed by atoms with Crippen molar-refractivity contribution in [3.8, 4) is 11.3 Å². The van der Waals surface area contributed by atoms with Crippen LogP contribution in [0.1, 0.15) is 5.56 Å². The lowest BCUT2D eigenvalue weighted by atomic mass is 9.94. The number of fused-ring (bicyclic) bond motifs is 4. The van der Waals surface area contributed by atoms with Gasteiger partial charge in [-0.1, -0.05) is 36.4 Å². The van der Waals surface area contributed by atoms with Crippen LogP contribution in [0.5, 0.6) is 0 Å². The molecule has 0 aliphatic rings. The smallest absolute Gasteiger partial charge is 0.194 e. The third-order valence-corrected chi connectivity index (χ3v) is 6.16. The number of pyridine rings is 1. The number of nitrogens with zero attached hydrogens (tertiary/aromatic N) is 1. The van der Waals surface area contributed by atoms with Gasteiger partial charge >= 0.3 is 0 Å². The number of hydrogen-bond donors (Lipinski definition) is 0. The molecule has 3 aromatic carbocycles. The van der Waals surface area contributed by atoms with Gasteiger partial charge in [-0.3, -0.25) is 0 Å². The zero-order valence-electron chi connectivity index (χ0n) is 14.3. The molecule has 2 aromatic heterocycles. The topological polar surface area (TPSA) is 3.88 Å². The lowest BCUT2D eigenvalue weighted by molar-refractivity contribution is -0.633. The molecule has 5 rings (SSSR count). The van der Waals surface area contributed by atoms with Crippen LogP contribution in [0.3, 0.4) is 0 Å². The van der Waals surface area contributed by atoms with Crippen molar-refractivity contribution in [2.75, 3.05) is 0 Å². The van der Waals surface area contributed by atoms with E-state index in [-0.39, 0.29) is 0 Å². The first-order valence-corrected chi connectivity index (χ1v) is 9.40. The van der Waals surface area contributed by atoms with Crippen LogP contribution in [0.25, 0.3) is 43.0 Å². The number of thiophene rings is 1.